The van der Waals surface area contributed by atoms with Crippen molar-refractivity contribution in [3.05, 3.63) is 72.4 Å². The number of benzene rings is 1. The Balaban J connectivity index is 1.52. The maximum atomic E-state index is 12.8. The summed E-state index contributed by atoms with van der Waals surface area (Å²) in [6.45, 7) is 6.49. The first kappa shape index (κ1) is 20.9. The number of Topliss-reactive ketones (excluding diaryl/α,β-unsaturated/α-hetero) is 1. The van der Waals surface area contributed by atoms with Crippen LogP contribution in [-0.2, 0) is 12.0 Å². The highest BCUT2D eigenvalue weighted by molar-refractivity contribution is 5.99. The SMILES string of the molecule is COc1cc(C(=O)Cc2cnc3[nH]cc(-c4ccc5ncn(C(C)(C)C)c5c4)c3c2)ccn1. The van der Waals surface area contributed by atoms with Gasteiger partial charge in [0, 0.05) is 53.1 Å². The van der Waals surface area contributed by atoms with Crippen molar-refractivity contribution in [1.82, 2.24) is 24.5 Å². The standard InChI is InChI=1S/C26H25N5O2/c1-26(2,3)31-15-30-21-6-5-17(11-22(21)31)20-14-29-25-19(20)9-16(13-28-25)10-23(32)18-7-8-27-24(12-18)33-4/h5-9,11-15H,10H2,1-4H3,(H,28,29). The van der Waals surface area contributed by atoms with E-state index in [4.69, 9.17) is 4.74 Å². The van der Waals surface area contributed by atoms with E-state index >= 15 is 0 Å². The van der Waals surface area contributed by atoms with Crippen LogP contribution in [0.4, 0.5) is 0 Å². The van der Waals surface area contributed by atoms with E-state index in [2.05, 4.69) is 57.4 Å². The Morgan fingerprint density at radius 1 is 1.09 bits per heavy atom. The average molecular weight is 440 g/mol. The van der Waals surface area contributed by atoms with E-state index < -0.39 is 0 Å². The number of rotatable bonds is 5. The number of carbonyl (C=O) groups excluding carboxylic acids is 1. The summed E-state index contributed by atoms with van der Waals surface area (Å²) >= 11 is 0. The quantitative estimate of drug-likeness (QED) is 0.382. The third kappa shape index (κ3) is 3.86. The highest BCUT2D eigenvalue weighted by Gasteiger charge is 2.18. The van der Waals surface area contributed by atoms with Crippen molar-refractivity contribution in [1.29, 1.82) is 0 Å². The molecule has 0 radical (unpaired) electrons. The van der Waals surface area contributed by atoms with Gasteiger partial charge in [-0.1, -0.05) is 6.07 Å². The first-order valence-electron chi connectivity index (χ1n) is 10.8. The third-order valence-electron chi connectivity index (χ3n) is 5.80. The van der Waals surface area contributed by atoms with Crippen molar-refractivity contribution in [3.8, 4) is 17.0 Å². The van der Waals surface area contributed by atoms with Crippen molar-refractivity contribution in [2.24, 2.45) is 0 Å². The Hall–Kier alpha value is -4.00. The van der Waals surface area contributed by atoms with Crippen LogP contribution in [0.15, 0.2) is 61.3 Å². The molecule has 5 aromatic rings. The number of nitrogens with zero attached hydrogens (tertiary/aromatic N) is 4. The highest BCUT2D eigenvalue weighted by atomic mass is 16.5. The van der Waals surface area contributed by atoms with Gasteiger partial charge < -0.3 is 14.3 Å². The Kier molecular flexibility index (Phi) is 4.96. The fourth-order valence-corrected chi connectivity index (χ4v) is 4.07. The lowest BCUT2D eigenvalue weighted by Crippen LogP contribution is -2.20. The fraction of sp³-hybridized carbons (Fsp3) is 0.231. The maximum absolute atomic E-state index is 12.8. The highest BCUT2D eigenvalue weighted by Crippen LogP contribution is 2.32. The molecule has 7 nitrogen and oxygen atoms in total. The van der Waals surface area contributed by atoms with E-state index in [0.29, 0.717) is 11.4 Å². The van der Waals surface area contributed by atoms with Gasteiger partial charge in [0.15, 0.2) is 5.78 Å². The number of ketones is 1. The molecule has 0 bridgehead atoms. The van der Waals surface area contributed by atoms with Crippen LogP contribution < -0.4 is 4.74 Å². The second kappa shape index (κ2) is 7.85. The van der Waals surface area contributed by atoms with Crippen LogP contribution >= 0.6 is 0 Å². The topological polar surface area (TPSA) is 85.7 Å². The van der Waals surface area contributed by atoms with Crippen LogP contribution in [0.25, 0.3) is 33.2 Å². The van der Waals surface area contributed by atoms with Crippen LogP contribution in [0, 0.1) is 0 Å². The summed E-state index contributed by atoms with van der Waals surface area (Å²) in [6.07, 6.45) is 7.43. The van der Waals surface area contributed by atoms with Gasteiger partial charge in [-0.05, 0) is 56.2 Å². The molecule has 0 amide bonds. The molecule has 4 heterocycles. The number of pyridine rings is 2. The van der Waals surface area contributed by atoms with Crippen LogP contribution in [0.2, 0.25) is 0 Å². The van der Waals surface area contributed by atoms with Gasteiger partial charge in [0.2, 0.25) is 5.88 Å². The molecule has 0 saturated heterocycles. The number of imidazole rings is 1. The maximum Gasteiger partial charge on any atom is 0.213 e. The number of aromatic amines is 1. The Morgan fingerprint density at radius 3 is 2.73 bits per heavy atom. The molecule has 7 heteroatoms. The largest absolute Gasteiger partial charge is 0.481 e. The van der Waals surface area contributed by atoms with Crippen molar-refractivity contribution < 1.29 is 9.53 Å². The van der Waals surface area contributed by atoms with E-state index in [1.54, 1.807) is 24.5 Å². The normalized spacial score (nSPS) is 11.9. The van der Waals surface area contributed by atoms with Gasteiger partial charge in [-0.2, -0.15) is 0 Å². The molecule has 166 valence electrons. The number of ether oxygens (including phenoxy) is 1. The molecule has 0 aliphatic carbocycles. The average Bonchev–Trinajstić information content (AvgIpc) is 3.42. The molecule has 33 heavy (non-hydrogen) atoms. The number of hydrogen-bond acceptors (Lipinski definition) is 5. The van der Waals surface area contributed by atoms with Gasteiger partial charge in [0.25, 0.3) is 0 Å². The fourth-order valence-electron chi connectivity index (χ4n) is 4.07. The van der Waals surface area contributed by atoms with Crippen molar-refractivity contribution in [3.63, 3.8) is 0 Å². The van der Waals surface area contributed by atoms with Gasteiger partial charge in [-0.15, -0.1) is 0 Å². The monoisotopic (exact) mass is 439 g/mol. The minimum absolute atomic E-state index is 0.00978. The van der Waals surface area contributed by atoms with Gasteiger partial charge in [0.1, 0.15) is 5.65 Å². The van der Waals surface area contributed by atoms with Gasteiger partial charge in [-0.25, -0.2) is 15.0 Å². The summed E-state index contributed by atoms with van der Waals surface area (Å²) < 4.78 is 7.32. The third-order valence-corrected chi connectivity index (χ3v) is 5.80. The minimum atomic E-state index is -0.0711. The minimum Gasteiger partial charge on any atom is -0.481 e. The Morgan fingerprint density at radius 2 is 1.94 bits per heavy atom. The second-order valence-corrected chi connectivity index (χ2v) is 9.12. The molecule has 0 spiro atoms. The van der Waals surface area contributed by atoms with Crippen LogP contribution in [0.5, 0.6) is 5.88 Å². The summed E-state index contributed by atoms with van der Waals surface area (Å²) in [5, 5.41) is 0.980. The van der Waals surface area contributed by atoms with Crippen molar-refractivity contribution >= 4 is 27.9 Å². The summed E-state index contributed by atoms with van der Waals surface area (Å²) in [5.74, 6) is 0.414. The molecule has 0 unspecified atom stereocenters. The molecule has 0 fully saturated rings. The first-order chi connectivity index (χ1) is 15.8. The second-order valence-electron chi connectivity index (χ2n) is 9.12. The number of methoxy groups -OCH3 is 1. The zero-order valence-corrected chi connectivity index (χ0v) is 19.1. The van der Waals surface area contributed by atoms with E-state index in [-0.39, 0.29) is 17.7 Å². The number of nitrogens with one attached hydrogen (secondary N) is 1. The molecule has 0 atom stereocenters. The summed E-state index contributed by atoms with van der Waals surface area (Å²) in [6, 6.07) is 11.7. The number of carbonyl (C=O) groups is 1. The number of aromatic nitrogens is 5. The molecule has 1 N–H and O–H groups in total. The molecule has 1 aromatic carbocycles. The predicted molar refractivity (Wildman–Crippen MR) is 129 cm³/mol. The lowest BCUT2D eigenvalue weighted by Gasteiger charge is -2.21. The number of H-pyrrole nitrogens is 1. The molecule has 4 aromatic heterocycles. The summed E-state index contributed by atoms with van der Waals surface area (Å²) in [4.78, 5) is 29.3. The zero-order valence-electron chi connectivity index (χ0n) is 19.1. The lowest BCUT2D eigenvalue weighted by atomic mass is 10.0. The van der Waals surface area contributed by atoms with Gasteiger partial charge in [-0.3, -0.25) is 4.79 Å². The van der Waals surface area contributed by atoms with Crippen molar-refractivity contribution in [2.75, 3.05) is 7.11 Å². The van der Waals surface area contributed by atoms with Gasteiger partial charge in [0.05, 0.1) is 24.5 Å². The van der Waals surface area contributed by atoms with E-state index in [0.717, 1.165) is 38.8 Å². The molecule has 0 saturated carbocycles. The molecule has 0 aliphatic heterocycles. The molecular formula is C26H25N5O2. The van der Waals surface area contributed by atoms with Gasteiger partial charge >= 0.3 is 0 Å². The molecule has 5 rings (SSSR count). The van der Waals surface area contributed by atoms with Crippen molar-refractivity contribution in [2.45, 2.75) is 32.7 Å². The van der Waals surface area contributed by atoms with Crippen LogP contribution in [0.3, 0.4) is 0 Å². The van der Waals surface area contributed by atoms with E-state index in [1.807, 2.05) is 24.7 Å². The number of hydrogen-bond donors (Lipinski definition) is 1. The van der Waals surface area contributed by atoms with E-state index in [1.165, 1.54) is 7.11 Å². The Bertz CT molecular complexity index is 1490. The molecule has 0 aliphatic rings. The summed E-state index contributed by atoms with van der Waals surface area (Å²) in [5.41, 5.74) is 6.30. The predicted octanol–water partition coefficient (Wildman–Crippen LogP) is 5.16. The lowest BCUT2D eigenvalue weighted by molar-refractivity contribution is 0.0992. The zero-order chi connectivity index (χ0) is 23.2. The smallest absolute Gasteiger partial charge is 0.213 e. The van der Waals surface area contributed by atoms with Crippen LogP contribution in [-0.4, -0.2) is 37.4 Å². The summed E-state index contributed by atoms with van der Waals surface area (Å²) in [7, 11) is 1.54. The number of fused-ring (bicyclic) bond motifs is 2. The molecular weight excluding hydrogens is 414 g/mol. The van der Waals surface area contributed by atoms with Crippen LogP contribution in [0.1, 0.15) is 36.7 Å². The van der Waals surface area contributed by atoms with E-state index in [9.17, 15) is 4.79 Å². The Labute approximate surface area is 191 Å². The first-order valence-corrected chi connectivity index (χ1v) is 10.8.